The SMILES string of the molecule is CCNC(=O)c1cc(NC(=O)CCCc2ccc(F)cc2)c(OC)c(OC)c1. The molecule has 2 rings (SSSR count). The molecule has 2 amide bonds. The maximum absolute atomic E-state index is 12.9. The van der Waals surface area contributed by atoms with Gasteiger partial charge in [-0.25, -0.2) is 4.39 Å². The van der Waals surface area contributed by atoms with Crippen LogP contribution in [0.5, 0.6) is 11.5 Å². The molecule has 0 aliphatic rings. The standard InChI is InChI=1S/C21H25FN2O4/c1-4-23-21(26)15-12-17(20(28-3)18(13-15)27-2)24-19(25)7-5-6-14-8-10-16(22)11-9-14/h8-13H,4-7H2,1-3H3,(H,23,26)(H,24,25). The molecular formula is C21H25FN2O4. The second kappa shape index (κ2) is 10.3. The monoisotopic (exact) mass is 388 g/mol. The van der Waals surface area contributed by atoms with Gasteiger partial charge in [0.05, 0.1) is 19.9 Å². The van der Waals surface area contributed by atoms with Crippen molar-refractivity contribution in [1.29, 1.82) is 0 Å². The van der Waals surface area contributed by atoms with Crippen molar-refractivity contribution in [2.45, 2.75) is 26.2 Å². The summed E-state index contributed by atoms with van der Waals surface area (Å²) >= 11 is 0. The quantitative estimate of drug-likeness (QED) is 0.689. The summed E-state index contributed by atoms with van der Waals surface area (Å²) in [5.41, 5.74) is 1.70. The maximum atomic E-state index is 12.9. The third kappa shape index (κ3) is 5.70. The van der Waals surface area contributed by atoms with Gasteiger partial charge >= 0.3 is 0 Å². The molecule has 0 saturated heterocycles. The molecular weight excluding hydrogens is 363 g/mol. The van der Waals surface area contributed by atoms with Gasteiger partial charge in [0.25, 0.3) is 5.91 Å². The molecule has 0 radical (unpaired) electrons. The minimum Gasteiger partial charge on any atom is -0.493 e. The summed E-state index contributed by atoms with van der Waals surface area (Å²) in [6, 6.07) is 9.34. The molecule has 0 aromatic heterocycles. The molecule has 0 fully saturated rings. The van der Waals surface area contributed by atoms with E-state index in [0.717, 1.165) is 5.56 Å². The molecule has 0 spiro atoms. The van der Waals surface area contributed by atoms with Crippen molar-refractivity contribution in [2.75, 3.05) is 26.1 Å². The van der Waals surface area contributed by atoms with Crippen LogP contribution in [0.25, 0.3) is 0 Å². The number of rotatable bonds is 9. The number of hydrogen-bond donors (Lipinski definition) is 2. The van der Waals surface area contributed by atoms with Crippen LogP contribution in [0.4, 0.5) is 10.1 Å². The lowest BCUT2D eigenvalue weighted by Gasteiger charge is -2.15. The van der Waals surface area contributed by atoms with Gasteiger partial charge < -0.3 is 20.1 Å². The van der Waals surface area contributed by atoms with Gasteiger partial charge in [-0.1, -0.05) is 12.1 Å². The molecule has 0 aliphatic heterocycles. The molecule has 0 bridgehead atoms. The van der Waals surface area contributed by atoms with Gasteiger partial charge in [0.15, 0.2) is 11.5 Å². The third-order valence-electron chi connectivity index (χ3n) is 4.14. The molecule has 150 valence electrons. The van der Waals surface area contributed by atoms with Crippen molar-refractivity contribution < 1.29 is 23.5 Å². The van der Waals surface area contributed by atoms with Gasteiger partial charge in [-0.2, -0.15) is 0 Å². The number of anilines is 1. The molecule has 2 aromatic rings. The highest BCUT2D eigenvalue weighted by Crippen LogP contribution is 2.36. The molecule has 2 N–H and O–H groups in total. The normalized spacial score (nSPS) is 10.3. The number of amides is 2. The second-order valence-corrected chi connectivity index (χ2v) is 6.15. The fourth-order valence-electron chi connectivity index (χ4n) is 2.77. The van der Waals surface area contributed by atoms with Crippen LogP contribution in [0, 0.1) is 5.82 Å². The third-order valence-corrected chi connectivity index (χ3v) is 4.14. The van der Waals surface area contributed by atoms with Crippen LogP contribution in [0.15, 0.2) is 36.4 Å². The van der Waals surface area contributed by atoms with E-state index in [9.17, 15) is 14.0 Å². The van der Waals surface area contributed by atoms with Crippen LogP contribution in [0.3, 0.4) is 0 Å². The highest BCUT2D eigenvalue weighted by atomic mass is 19.1. The molecule has 0 unspecified atom stereocenters. The topological polar surface area (TPSA) is 76.7 Å². The van der Waals surface area contributed by atoms with Crippen LogP contribution in [0.2, 0.25) is 0 Å². The molecule has 0 saturated carbocycles. The van der Waals surface area contributed by atoms with Gasteiger partial charge in [-0.3, -0.25) is 9.59 Å². The van der Waals surface area contributed by atoms with Crippen molar-refractivity contribution in [3.8, 4) is 11.5 Å². The Bertz CT molecular complexity index is 822. The first-order chi connectivity index (χ1) is 13.5. The number of benzene rings is 2. The van der Waals surface area contributed by atoms with Crippen molar-refractivity contribution >= 4 is 17.5 Å². The van der Waals surface area contributed by atoms with Gasteiger partial charge in [-0.15, -0.1) is 0 Å². The Kier molecular flexibility index (Phi) is 7.80. The van der Waals surface area contributed by atoms with Gasteiger partial charge in [0, 0.05) is 18.5 Å². The smallest absolute Gasteiger partial charge is 0.251 e. The first kappa shape index (κ1) is 21.2. The summed E-state index contributed by atoms with van der Waals surface area (Å²) in [6.07, 6.45) is 1.54. The zero-order valence-electron chi connectivity index (χ0n) is 16.3. The lowest BCUT2D eigenvalue weighted by molar-refractivity contribution is -0.116. The number of methoxy groups -OCH3 is 2. The van der Waals surface area contributed by atoms with Crippen molar-refractivity contribution in [2.24, 2.45) is 0 Å². The number of halogens is 1. The van der Waals surface area contributed by atoms with Gasteiger partial charge in [0.2, 0.25) is 5.91 Å². The Balaban J connectivity index is 2.07. The molecule has 0 aliphatic carbocycles. The van der Waals surface area contributed by atoms with E-state index in [-0.39, 0.29) is 24.1 Å². The molecule has 7 heteroatoms. The van der Waals surface area contributed by atoms with E-state index < -0.39 is 0 Å². The fourth-order valence-corrected chi connectivity index (χ4v) is 2.77. The number of ether oxygens (including phenoxy) is 2. The van der Waals surface area contributed by atoms with Crippen molar-refractivity contribution in [3.05, 3.63) is 53.3 Å². The Morgan fingerprint density at radius 3 is 2.39 bits per heavy atom. The minimum absolute atomic E-state index is 0.212. The predicted molar refractivity (Wildman–Crippen MR) is 106 cm³/mol. The van der Waals surface area contributed by atoms with Gasteiger partial charge in [-0.05, 0) is 49.6 Å². The Morgan fingerprint density at radius 1 is 1.07 bits per heavy atom. The minimum atomic E-state index is -0.283. The van der Waals surface area contributed by atoms with E-state index in [2.05, 4.69) is 10.6 Å². The second-order valence-electron chi connectivity index (χ2n) is 6.15. The molecule has 6 nitrogen and oxygen atoms in total. The number of carbonyl (C=O) groups is 2. The van der Waals surface area contributed by atoms with E-state index in [4.69, 9.17) is 9.47 Å². The average molecular weight is 388 g/mol. The lowest BCUT2D eigenvalue weighted by Crippen LogP contribution is -2.23. The fraction of sp³-hybridized carbons (Fsp3) is 0.333. The first-order valence-electron chi connectivity index (χ1n) is 9.07. The summed E-state index contributed by atoms with van der Waals surface area (Å²) in [4.78, 5) is 24.5. The largest absolute Gasteiger partial charge is 0.493 e. The van der Waals surface area contributed by atoms with Crippen LogP contribution >= 0.6 is 0 Å². The van der Waals surface area contributed by atoms with E-state index in [1.807, 2.05) is 6.92 Å². The summed E-state index contributed by atoms with van der Waals surface area (Å²) in [5, 5.41) is 5.50. The lowest BCUT2D eigenvalue weighted by atomic mass is 10.1. The van der Waals surface area contributed by atoms with E-state index in [0.29, 0.717) is 42.1 Å². The van der Waals surface area contributed by atoms with Crippen molar-refractivity contribution in [3.63, 3.8) is 0 Å². The highest BCUT2D eigenvalue weighted by Gasteiger charge is 2.17. The molecule has 28 heavy (non-hydrogen) atoms. The summed E-state index contributed by atoms with van der Waals surface area (Å²) in [6.45, 7) is 2.31. The number of carbonyl (C=O) groups excluding carboxylic acids is 2. The summed E-state index contributed by atoms with van der Waals surface area (Å²) in [5.74, 6) is -0.0596. The maximum Gasteiger partial charge on any atom is 0.251 e. The first-order valence-corrected chi connectivity index (χ1v) is 9.07. The van der Waals surface area contributed by atoms with E-state index in [1.54, 1.807) is 24.3 Å². The zero-order valence-corrected chi connectivity index (χ0v) is 16.3. The highest BCUT2D eigenvalue weighted by molar-refractivity contribution is 5.99. The van der Waals surface area contributed by atoms with Crippen LogP contribution in [-0.4, -0.2) is 32.6 Å². The van der Waals surface area contributed by atoms with Crippen molar-refractivity contribution in [1.82, 2.24) is 5.32 Å². The number of hydrogen-bond acceptors (Lipinski definition) is 4. The van der Waals surface area contributed by atoms with Crippen LogP contribution in [-0.2, 0) is 11.2 Å². The van der Waals surface area contributed by atoms with Crippen LogP contribution < -0.4 is 20.1 Å². The predicted octanol–water partition coefficient (Wildman–Crippen LogP) is 3.55. The van der Waals surface area contributed by atoms with E-state index in [1.165, 1.54) is 26.4 Å². The number of aryl methyl sites for hydroxylation is 1. The molecule has 0 heterocycles. The molecule has 2 aromatic carbocycles. The Hall–Kier alpha value is -3.09. The number of nitrogens with one attached hydrogen (secondary N) is 2. The zero-order chi connectivity index (χ0) is 20.5. The summed E-state index contributed by atoms with van der Waals surface area (Å²) in [7, 11) is 2.93. The van der Waals surface area contributed by atoms with E-state index >= 15 is 0 Å². The Morgan fingerprint density at radius 2 is 1.79 bits per heavy atom. The van der Waals surface area contributed by atoms with Gasteiger partial charge in [0.1, 0.15) is 5.82 Å². The average Bonchev–Trinajstić information content (AvgIpc) is 2.69. The molecule has 0 atom stereocenters. The summed E-state index contributed by atoms with van der Waals surface area (Å²) < 4.78 is 23.6. The van der Waals surface area contributed by atoms with Crippen LogP contribution in [0.1, 0.15) is 35.7 Å². The Labute approximate surface area is 164 Å².